The van der Waals surface area contributed by atoms with Crippen LogP contribution in [0.4, 0.5) is 0 Å². The minimum atomic E-state index is -0.978. The quantitative estimate of drug-likeness (QED) is 0.361. The van der Waals surface area contributed by atoms with Gasteiger partial charge in [-0.3, -0.25) is 14.4 Å². The molecule has 0 saturated carbocycles. The Morgan fingerprint density at radius 3 is 2.59 bits per heavy atom. The van der Waals surface area contributed by atoms with E-state index in [0.29, 0.717) is 37.4 Å². The summed E-state index contributed by atoms with van der Waals surface area (Å²) in [5.74, 6) is -1.10. The molecule has 0 unspecified atom stereocenters. The molecule has 212 valence electrons. The van der Waals surface area contributed by atoms with E-state index in [4.69, 9.17) is 23.1 Å². The Balaban J connectivity index is 2.07. The summed E-state index contributed by atoms with van der Waals surface area (Å²) in [5, 5.41) is 10.4. The number of aromatic nitrogens is 1. The molecule has 1 aliphatic rings. The Labute approximate surface area is 239 Å². The van der Waals surface area contributed by atoms with Crippen LogP contribution in [-0.2, 0) is 27.5 Å². The van der Waals surface area contributed by atoms with E-state index in [1.807, 2.05) is 38.1 Å². The van der Waals surface area contributed by atoms with Crippen LogP contribution in [0.5, 0.6) is 0 Å². The second kappa shape index (κ2) is 14.6. The summed E-state index contributed by atoms with van der Waals surface area (Å²) in [7, 11) is 1.55. The van der Waals surface area contributed by atoms with Gasteiger partial charge in [0, 0.05) is 37.8 Å². The largest absolute Gasteiger partial charge is 0.350 e. The molecule has 7 N–H and O–H groups in total. The standard InChI is InChI=1S/C27H38ClN7O3S/c1-4-22-25(37)33-15-18-16(2)9-10-19(28)23(18)39-26-17(7-6-12-31-26)14-32-20(8-5-11-29)24(36)34-21(13-30)27(38)35(22)3/h6-7,9-10,12,20-22,32H,4-5,8,11,13-15,29-30H2,1-3H3,(H,33,37)(H,34,36)/t20-,21-,22-/m0/s1. The second-order valence-corrected chi connectivity index (χ2v) is 10.9. The molecule has 0 spiro atoms. The molecule has 3 atom stereocenters. The molecule has 0 aliphatic carbocycles. The molecule has 39 heavy (non-hydrogen) atoms. The van der Waals surface area contributed by atoms with Crippen molar-refractivity contribution in [3.63, 3.8) is 0 Å². The number of nitrogens with one attached hydrogen (secondary N) is 3. The lowest BCUT2D eigenvalue weighted by Gasteiger charge is -2.30. The molecule has 1 aromatic carbocycles. The Kier molecular flexibility index (Phi) is 11.6. The maximum absolute atomic E-state index is 13.3. The predicted molar refractivity (Wildman–Crippen MR) is 153 cm³/mol. The number of carbonyl (C=O) groups excluding carboxylic acids is 3. The van der Waals surface area contributed by atoms with Gasteiger partial charge in [0.25, 0.3) is 0 Å². The number of hydrogen-bond acceptors (Lipinski definition) is 8. The first-order valence-electron chi connectivity index (χ1n) is 13.1. The Morgan fingerprint density at radius 2 is 1.90 bits per heavy atom. The number of aryl methyl sites for hydroxylation is 1. The summed E-state index contributed by atoms with van der Waals surface area (Å²) in [4.78, 5) is 46.7. The highest BCUT2D eigenvalue weighted by Crippen LogP contribution is 2.38. The number of halogens is 1. The van der Waals surface area contributed by atoms with E-state index in [1.54, 1.807) is 13.2 Å². The summed E-state index contributed by atoms with van der Waals surface area (Å²) < 4.78 is 0. The highest BCUT2D eigenvalue weighted by molar-refractivity contribution is 7.99. The van der Waals surface area contributed by atoms with Crippen molar-refractivity contribution in [1.29, 1.82) is 0 Å². The third-order valence-corrected chi connectivity index (χ3v) is 8.50. The van der Waals surface area contributed by atoms with Crippen LogP contribution in [-0.4, -0.2) is 65.9 Å². The number of fused-ring (bicyclic) bond motifs is 2. The number of rotatable bonds is 5. The highest BCUT2D eigenvalue weighted by Gasteiger charge is 2.32. The number of nitrogens with zero attached hydrogens (tertiary/aromatic N) is 2. The second-order valence-electron chi connectivity index (χ2n) is 9.49. The van der Waals surface area contributed by atoms with E-state index < -0.39 is 24.0 Å². The smallest absolute Gasteiger partial charge is 0.246 e. The van der Waals surface area contributed by atoms with Gasteiger partial charge in [0.15, 0.2) is 0 Å². The Hall–Kier alpha value is -2.70. The molecule has 12 heteroatoms. The van der Waals surface area contributed by atoms with Crippen molar-refractivity contribution < 1.29 is 14.4 Å². The van der Waals surface area contributed by atoms with E-state index in [0.717, 1.165) is 26.6 Å². The molecular formula is C27H38ClN7O3S. The molecule has 2 heterocycles. The van der Waals surface area contributed by atoms with E-state index in [9.17, 15) is 14.4 Å². The molecule has 3 rings (SSSR count). The number of hydrogen-bond donors (Lipinski definition) is 5. The lowest BCUT2D eigenvalue weighted by atomic mass is 10.1. The van der Waals surface area contributed by atoms with Gasteiger partial charge in [-0.2, -0.15) is 0 Å². The van der Waals surface area contributed by atoms with Crippen molar-refractivity contribution in [3.05, 3.63) is 52.2 Å². The molecule has 0 saturated heterocycles. The van der Waals surface area contributed by atoms with Crippen LogP contribution < -0.4 is 27.4 Å². The number of pyridine rings is 1. The van der Waals surface area contributed by atoms with Crippen molar-refractivity contribution in [3.8, 4) is 0 Å². The first-order valence-corrected chi connectivity index (χ1v) is 14.3. The van der Waals surface area contributed by atoms with Gasteiger partial charge in [-0.25, -0.2) is 4.98 Å². The van der Waals surface area contributed by atoms with Gasteiger partial charge in [-0.1, -0.05) is 42.4 Å². The van der Waals surface area contributed by atoms with Crippen LogP contribution in [0.1, 0.15) is 42.9 Å². The molecule has 0 fully saturated rings. The number of amides is 3. The van der Waals surface area contributed by atoms with E-state index >= 15 is 0 Å². The molecule has 3 amide bonds. The van der Waals surface area contributed by atoms with Gasteiger partial charge >= 0.3 is 0 Å². The lowest BCUT2D eigenvalue weighted by Crippen LogP contribution is -2.58. The topological polar surface area (TPSA) is 155 Å². The molecule has 2 aromatic rings. The first-order chi connectivity index (χ1) is 18.7. The van der Waals surface area contributed by atoms with Crippen molar-refractivity contribution in [2.45, 2.75) is 74.2 Å². The minimum absolute atomic E-state index is 0.106. The van der Waals surface area contributed by atoms with Gasteiger partial charge in [0.05, 0.1) is 11.1 Å². The van der Waals surface area contributed by atoms with Crippen molar-refractivity contribution in [2.24, 2.45) is 11.5 Å². The minimum Gasteiger partial charge on any atom is -0.350 e. The van der Waals surface area contributed by atoms with Gasteiger partial charge in [0.2, 0.25) is 17.7 Å². The van der Waals surface area contributed by atoms with E-state index in [1.165, 1.54) is 16.7 Å². The number of likely N-dealkylation sites (N-methyl/N-ethyl adjacent to an activating group) is 1. The normalized spacial score (nSPS) is 21.4. The summed E-state index contributed by atoms with van der Waals surface area (Å²) >= 11 is 8.08. The van der Waals surface area contributed by atoms with Crippen molar-refractivity contribution in [1.82, 2.24) is 25.8 Å². The number of nitrogens with two attached hydrogens (primary N) is 2. The zero-order valence-electron chi connectivity index (χ0n) is 22.6. The summed E-state index contributed by atoms with van der Waals surface area (Å²) in [6.45, 7) is 4.68. The fraction of sp³-hybridized carbons (Fsp3) is 0.481. The van der Waals surface area contributed by atoms with Gasteiger partial charge in [0.1, 0.15) is 17.1 Å². The van der Waals surface area contributed by atoms with Gasteiger partial charge in [-0.15, -0.1) is 0 Å². The molecular weight excluding hydrogens is 538 g/mol. The van der Waals surface area contributed by atoms with Crippen LogP contribution in [0.2, 0.25) is 5.02 Å². The van der Waals surface area contributed by atoms with Crippen molar-refractivity contribution in [2.75, 3.05) is 20.1 Å². The maximum atomic E-state index is 13.3. The fourth-order valence-electron chi connectivity index (χ4n) is 4.48. The predicted octanol–water partition coefficient (Wildman–Crippen LogP) is 1.70. The summed E-state index contributed by atoms with van der Waals surface area (Å²) in [6.07, 6.45) is 3.17. The summed E-state index contributed by atoms with van der Waals surface area (Å²) in [5.41, 5.74) is 14.4. The fourth-order valence-corrected chi connectivity index (χ4v) is 5.87. The zero-order chi connectivity index (χ0) is 28.5. The van der Waals surface area contributed by atoms with Gasteiger partial charge < -0.3 is 32.3 Å². The third kappa shape index (κ3) is 7.70. The van der Waals surface area contributed by atoms with E-state index in [2.05, 4.69) is 20.9 Å². The van der Waals surface area contributed by atoms with Crippen LogP contribution in [0, 0.1) is 6.92 Å². The zero-order valence-corrected chi connectivity index (χ0v) is 24.2. The average molecular weight is 576 g/mol. The SMILES string of the molecule is CC[C@H]1C(=O)NCc2c(C)ccc(Cl)c2Sc2ncccc2CN[C@@H](CCCN)C(=O)N[C@@H](CN)C(=O)N1C. The highest BCUT2D eigenvalue weighted by atomic mass is 35.5. The maximum Gasteiger partial charge on any atom is 0.246 e. The van der Waals surface area contributed by atoms with Crippen LogP contribution in [0.25, 0.3) is 0 Å². The average Bonchev–Trinajstić information content (AvgIpc) is 2.93. The van der Waals surface area contributed by atoms with Crippen molar-refractivity contribution >= 4 is 41.1 Å². The molecule has 10 nitrogen and oxygen atoms in total. The monoisotopic (exact) mass is 575 g/mol. The molecule has 1 aromatic heterocycles. The van der Waals surface area contributed by atoms with Gasteiger partial charge in [-0.05, 0) is 61.6 Å². The first kappa shape index (κ1) is 30.8. The molecule has 1 aliphatic heterocycles. The number of benzene rings is 1. The van der Waals surface area contributed by atoms with Crippen LogP contribution in [0.3, 0.4) is 0 Å². The third-order valence-electron chi connectivity index (χ3n) is 6.84. The van der Waals surface area contributed by atoms with Crippen LogP contribution >= 0.6 is 23.4 Å². The summed E-state index contributed by atoms with van der Waals surface area (Å²) in [6, 6.07) is 5.17. The lowest BCUT2D eigenvalue weighted by molar-refractivity contribution is -0.142. The van der Waals surface area contributed by atoms with Crippen LogP contribution in [0.15, 0.2) is 40.4 Å². The Morgan fingerprint density at radius 1 is 1.13 bits per heavy atom. The molecule has 0 radical (unpaired) electrons. The number of carbonyl (C=O) groups is 3. The van der Waals surface area contributed by atoms with E-state index in [-0.39, 0.29) is 24.9 Å². The molecule has 0 bridgehead atoms. The Bertz CT molecular complexity index is 1180.